The van der Waals surface area contributed by atoms with Crippen molar-refractivity contribution in [1.82, 2.24) is 4.72 Å². The Morgan fingerprint density at radius 2 is 2.00 bits per heavy atom. The highest BCUT2D eigenvalue weighted by Gasteiger charge is 2.38. The first-order valence-corrected chi connectivity index (χ1v) is 6.00. The third kappa shape index (κ3) is 1.61. The summed E-state index contributed by atoms with van der Waals surface area (Å²) >= 11 is 0. The van der Waals surface area contributed by atoms with Crippen LogP contribution in [0.15, 0.2) is 23.2 Å². The van der Waals surface area contributed by atoms with E-state index in [1.807, 2.05) is 0 Å². The minimum atomic E-state index is 0.270. The normalized spacial score (nSPS) is 28.1. The number of allylic oxidation sites excluding steroid dienone is 4. The Bertz CT molecular complexity index is 338. The lowest BCUT2D eigenvalue weighted by atomic mass is 9.53. The Balaban J connectivity index is 2.33. The molecular formula is C12H21B2N-. The van der Waals surface area contributed by atoms with Crippen LogP contribution in [0.5, 0.6) is 0 Å². The number of hydrogen-bond donors (Lipinski definition) is 0. The second kappa shape index (κ2) is 3.28. The fraction of sp³-hybridized carbons (Fsp3) is 0.667. The van der Waals surface area contributed by atoms with E-state index in [1.165, 1.54) is 5.57 Å². The Hall–Kier alpha value is -0.430. The molecule has 1 saturated heterocycles. The van der Waals surface area contributed by atoms with E-state index >= 15 is 0 Å². The highest BCUT2D eigenvalue weighted by Crippen LogP contribution is 2.44. The van der Waals surface area contributed by atoms with Crippen molar-refractivity contribution in [2.75, 3.05) is 0 Å². The molecule has 1 aliphatic carbocycles. The Morgan fingerprint density at radius 3 is 2.47 bits per heavy atom. The van der Waals surface area contributed by atoms with Gasteiger partial charge in [0.25, 0.3) is 0 Å². The van der Waals surface area contributed by atoms with E-state index in [-0.39, 0.29) is 5.54 Å². The molecule has 2 aliphatic rings. The van der Waals surface area contributed by atoms with Gasteiger partial charge in [0.1, 0.15) is 0 Å². The second-order valence-corrected chi connectivity index (χ2v) is 6.08. The largest absolute Gasteiger partial charge is 0.535 e. The molecule has 0 aromatic heterocycles. The van der Waals surface area contributed by atoms with E-state index < -0.39 is 0 Å². The van der Waals surface area contributed by atoms with Crippen LogP contribution in [0.3, 0.4) is 0 Å². The van der Waals surface area contributed by atoms with Gasteiger partial charge in [0.05, 0.1) is 0 Å². The van der Waals surface area contributed by atoms with Crippen molar-refractivity contribution in [3.8, 4) is 0 Å². The summed E-state index contributed by atoms with van der Waals surface area (Å²) in [6.45, 7) is 15.1. The van der Waals surface area contributed by atoms with Crippen LogP contribution in [0.4, 0.5) is 0 Å². The van der Waals surface area contributed by atoms with E-state index in [0.29, 0.717) is 19.5 Å². The lowest BCUT2D eigenvalue weighted by Gasteiger charge is -2.48. The van der Waals surface area contributed by atoms with Crippen molar-refractivity contribution in [1.29, 1.82) is 0 Å². The first kappa shape index (κ1) is 11.1. The van der Waals surface area contributed by atoms with Crippen LogP contribution < -0.4 is 0 Å². The van der Waals surface area contributed by atoms with E-state index in [9.17, 15) is 0 Å². The maximum absolute atomic E-state index is 2.65. The number of rotatable bonds is 0. The smallest absolute Gasteiger partial charge is 0.186 e. The molecule has 1 nitrogen and oxygen atoms in total. The highest BCUT2D eigenvalue weighted by atomic mass is 15.1. The predicted octanol–water partition coefficient (Wildman–Crippen LogP) is 3.14. The molecule has 81 valence electrons. The molecule has 0 aromatic rings. The van der Waals surface area contributed by atoms with Gasteiger partial charge in [-0.3, -0.25) is 0 Å². The lowest BCUT2D eigenvalue weighted by Crippen LogP contribution is -2.52. The van der Waals surface area contributed by atoms with Crippen molar-refractivity contribution in [2.45, 2.75) is 52.7 Å². The molecule has 1 unspecified atom stereocenters. The zero-order valence-electron chi connectivity index (χ0n) is 10.8. The van der Waals surface area contributed by atoms with E-state index in [0.717, 1.165) is 0 Å². The van der Waals surface area contributed by atoms with Gasteiger partial charge in [-0.1, -0.05) is 46.1 Å². The van der Waals surface area contributed by atoms with Crippen LogP contribution in [0.1, 0.15) is 27.7 Å². The molecule has 0 N–H and O–H groups in total. The van der Waals surface area contributed by atoms with E-state index in [1.54, 1.807) is 5.47 Å². The molecule has 1 radical (unpaired) electrons. The maximum atomic E-state index is 2.65. The summed E-state index contributed by atoms with van der Waals surface area (Å²) in [5.41, 5.74) is 3.34. The molecule has 15 heavy (non-hydrogen) atoms. The molecule has 0 spiro atoms. The van der Waals surface area contributed by atoms with Gasteiger partial charge in [-0.2, -0.15) is 0 Å². The summed E-state index contributed by atoms with van der Waals surface area (Å²) in [5.74, 6) is 0.666. The minimum absolute atomic E-state index is 0.270. The summed E-state index contributed by atoms with van der Waals surface area (Å²) in [6.07, 6.45) is 4.82. The van der Waals surface area contributed by atoms with Crippen LogP contribution in [0.2, 0.25) is 19.5 Å². The molecule has 0 amide bonds. The van der Waals surface area contributed by atoms with Gasteiger partial charge in [-0.05, 0) is 18.3 Å². The van der Waals surface area contributed by atoms with Gasteiger partial charge >= 0.3 is 0 Å². The maximum Gasteiger partial charge on any atom is 0.186 e. The van der Waals surface area contributed by atoms with Crippen molar-refractivity contribution >= 4 is 13.7 Å². The Morgan fingerprint density at radius 1 is 1.40 bits per heavy atom. The van der Waals surface area contributed by atoms with Crippen molar-refractivity contribution in [2.24, 2.45) is 0 Å². The van der Waals surface area contributed by atoms with Gasteiger partial charge in [0.2, 0.25) is 0 Å². The van der Waals surface area contributed by atoms with E-state index in [4.69, 9.17) is 0 Å². The summed E-state index contributed by atoms with van der Waals surface area (Å²) in [4.78, 5) is 0. The van der Waals surface area contributed by atoms with Crippen molar-refractivity contribution < 1.29 is 0 Å². The molecule has 3 heteroatoms. The zero-order chi connectivity index (χ0) is 11.4. The fourth-order valence-corrected chi connectivity index (χ4v) is 3.48. The molecule has 1 fully saturated rings. The molecule has 1 atom stereocenters. The first-order valence-electron chi connectivity index (χ1n) is 6.00. The molecule has 0 bridgehead atoms. The lowest BCUT2D eigenvalue weighted by molar-refractivity contribution is 0.369. The van der Waals surface area contributed by atoms with Crippen LogP contribution in [0.25, 0.3) is 0 Å². The third-order valence-electron chi connectivity index (χ3n) is 3.85. The summed E-state index contributed by atoms with van der Waals surface area (Å²) in [6, 6.07) is 0. The summed E-state index contributed by atoms with van der Waals surface area (Å²) < 4.78 is 2.65. The van der Waals surface area contributed by atoms with Gasteiger partial charge in [-0.15, -0.1) is 6.08 Å². The Labute approximate surface area is 94.8 Å². The molecular weight excluding hydrogens is 180 g/mol. The monoisotopic (exact) mass is 201 g/mol. The quantitative estimate of drug-likeness (QED) is 0.544. The SMILES string of the molecule is CB1C2C=C(C)C=C2[B-](C)N1C(C)(C)C. The molecule has 1 aliphatic heterocycles. The number of hydrogen-bond acceptors (Lipinski definition) is 1. The van der Waals surface area contributed by atoms with Gasteiger partial charge < -0.3 is 4.72 Å². The average Bonchev–Trinajstić information content (AvgIpc) is 2.52. The van der Waals surface area contributed by atoms with E-state index in [2.05, 4.69) is 58.2 Å². The van der Waals surface area contributed by atoms with Crippen LogP contribution in [-0.4, -0.2) is 24.0 Å². The number of fused-ring (bicyclic) bond motifs is 1. The van der Waals surface area contributed by atoms with Gasteiger partial charge in [0, 0.05) is 0 Å². The summed E-state index contributed by atoms with van der Waals surface area (Å²) in [7, 11) is 0. The van der Waals surface area contributed by atoms with Gasteiger partial charge in [0.15, 0.2) is 6.85 Å². The van der Waals surface area contributed by atoms with Crippen molar-refractivity contribution in [3.05, 3.63) is 23.2 Å². The molecule has 0 aromatic carbocycles. The zero-order valence-corrected chi connectivity index (χ0v) is 10.8. The second-order valence-electron chi connectivity index (χ2n) is 6.08. The van der Waals surface area contributed by atoms with Crippen LogP contribution >= 0.6 is 0 Å². The van der Waals surface area contributed by atoms with Gasteiger partial charge in [-0.25, -0.2) is 12.3 Å². The van der Waals surface area contributed by atoms with Crippen molar-refractivity contribution in [3.63, 3.8) is 0 Å². The standard InChI is InChI=1S/C12H21B2N/c1-9-7-10-11(8-9)14(6)15(13(10)5)12(2,3)4/h7-8,10H,1-6H3/q-1. The highest BCUT2D eigenvalue weighted by molar-refractivity contribution is 6.84. The topological polar surface area (TPSA) is 3.24 Å². The van der Waals surface area contributed by atoms with Crippen LogP contribution in [0, 0.1) is 0 Å². The third-order valence-corrected chi connectivity index (χ3v) is 3.85. The average molecular weight is 201 g/mol. The molecule has 1 heterocycles. The fourth-order valence-electron chi connectivity index (χ4n) is 3.48. The predicted molar refractivity (Wildman–Crippen MR) is 70.4 cm³/mol. The first-order chi connectivity index (χ1) is 6.82. The molecule has 0 saturated carbocycles. The summed E-state index contributed by atoms with van der Waals surface area (Å²) in [5, 5.41) is 0. The number of nitrogens with zero attached hydrogens (tertiary/aromatic N) is 1. The Kier molecular flexibility index (Phi) is 2.42. The molecule has 2 rings (SSSR count). The van der Waals surface area contributed by atoms with Crippen LogP contribution in [-0.2, 0) is 0 Å². The minimum Gasteiger partial charge on any atom is -0.535 e.